The highest BCUT2D eigenvalue weighted by Gasteiger charge is 2.62. The number of carbonyl (C=O) groups is 1. The number of hydrogen-bond acceptors (Lipinski definition) is 4. The Bertz CT molecular complexity index is 930. The van der Waals surface area contributed by atoms with E-state index in [4.69, 9.17) is 32.7 Å². The molecule has 4 nitrogen and oxygen atoms in total. The van der Waals surface area contributed by atoms with Gasteiger partial charge in [0.15, 0.2) is 0 Å². The Kier molecular flexibility index (Phi) is 5.98. The molecular formula is C22H19Cl2NO3. The number of allylic oxidation sites excluding steroid dienone is 1. The van der Waals surface area contributed by atoms with Crippen molar-refractivity contribution in [2.24, 2.45) is 17.3 Å². The SMILES string of the molecule is CC1(C)C(C=C(Cl)Cl)[C@H]1C(=O)O[C@@H](C#N)c1cccc(Oc2ccccc2)c1. The summed E-state index contributed by atoms with van der Waals surface area (Å²) >= 11 is 11.5. The second-order valence-corrected chi connectivity index (χ2v) is 8.22. The van der Waals surface area contributed by atoms with Gasteiger partial charge in [-0.05, 0) is 41.7 Å². The summed E-state index contributed by atoms with van der Waals surface area (Å²) in [7, 11) is 0. The van der Waals surface area contributed by atoms with Crippen molar-refractivity contribution in [2.75, 3.05) is 0 Å². The maximum absolute atomic E-state index is 12.6. The van der Waals surface area contributed by atoms with Gasteiger partial charge < -0.3 is 9.47 Å². The van der Waals surface area contributed by atoms with Crippen LogP contribution in [0.3, 0.4) is 0 Å². The van der Waals surface area contributed by atoms with Crippen LogP contribution in [-0.2, 0) is 9.53 Å². The van der Waals surface area contributed by atoms with Crippen LogP contribution in [0.1, 0.15) is 25.5 Å². The molecule has 1 saturated carbocycles. The van der Waals surface area contributed by atoms with Gasteiger partial charge in [0.25, 0.3) is 0 Å². The molecule has 0 N–H and O–H groups in total. The maximum atomic E-state index is 12.6. The molecule has 0 aliphatic heterocycles. The van der Waals surface area contributed by atoms with Crippen LogP contribution in [0.5, 0.6) is 11.5 Å². The minimum absolute atomic E-state index is 0.114. The van der Waals surface area contributed by atoms with E-state index >= 15 is 0 Å². The number of rotatable bonds is 6. The molecule has 0 heterocycles. The topological polar surface area (TPSA) is 59.3 Å². The summed E-state index contributed by atoms with van der Waals surface area (Å²) in [6.45, 7) is 3.87. The smallest absolute Gasteiger partial charge is 0.311 e. The van der Waals surface area contributed by atoms with Crippen LogP contribution >= 0.6 is 23.2 Å². The number of hydrogen-bond donors (Lipinski definition) is 0. The standard InChI is InChI=1S/C22H19Cl2NO3/c1-22(2)17(12-19(23)24)20(22)21(26)28-18(13-25)14-7-6-10-16(11-14)27-15-8-4-3-5-9-15/h3-12,17-18,20H,1-2H3/t17?,18-,20-/m0/s1. The van der Waals surface area contributed by atoms with Gasteiger partial charge in [-0.25, -0.2) is 0 Å². The van der Waals surface area contributed by atoms with E-state index in [1.807, 2.05) is 50.2 Å². The Morgan fingerprint density at radius 1 is 1.14 bits per heavy atom. The lowest BCUT2D eigenvalue weighted by Gasteiger charge is -2.13. The molecule has 0 radical (unpaired) electrons. The summed E-state index contributed by atoms with van der Waals surface area (Å²) < 4.78 is 11.4. The molecule has 0 amide bonds. The highest BCUT2D eigenvalue weighted by Crippen LogP contribution is 2.60. The Morgan fingerprint density at radius 2 is 1.82 bits per heavy atom. The summed E-state index contributed by atoms with van der Waals surface area (Å²) in [6, 6.07) is 18.3. The van der Waals surface area contributed by atoms with Crippen LogP contribution in [0, 0.1) is 28.6 Å². The molecule has 2 aromatic carbocycles. The number of nitriles is 1. The fourth-order valence-electron chi connectivity index (χ4n) is 3.30. The van der Waals surface area contributed by atoms with E-state index in [1.54, 1.807) is 30.3 Å². The van der Waals surface area contributed by atoms with Gasteiger partial charge in [-0.3, -0.25) is 4.79 Å². The van der Waals surface area contributed by atoms with Crippen LogP contribution in [0.25, 0.3) is 0 Å². The zero-order valence-electron chi connectivity index (χ0n) is 15.4. The number of carbonyl (C=O) groups excluding carboxylic acids is 1. The van der Waals surface area contributed by atoms with Gasteiger partial charge in [0, 0.05) is 5.56 Å². The molecule has 3 atom stereocenters. The number of para-hydroxylation sites is 1. The quantitative estimate of drug-likeness (QED) is 0.528. The Balaban J connectivity index is 1.72. The highest BCUT2D eigenvalue weighted by atomic mass is 35.5. The summed E-state index contributed by atoms with van der Waals surface area (Å²) in [5.41, 5.74) is 0.231. The first kappa shape index (κ1) is 20.3. The largest absolute Gasteiger partial charge is 0.457 e. The highest BCUT2D eigenvalue weighted by molar-refractivity contribution is 6.55. The molecule has 1 aliphatic carbocycles. The molecule has 3 rings (SSSR count). The molecule has 0 bridgehead atoms. The van der Waals surface area contributed by atoms with E-state index in [2.05, 4.69) is 0 Å². The molecule has 1 aliphatic rings. The van der Waals surface area contributed by atoms with E-state index in [0.717, 1.165) is 0 Å². The molecule has 0 spiro atoms. The molecular weight excluding hydrogens is 397 g/mol. The van der Waals surface area contributed by atoms with Crippen molar-refractivity contribution in [3.05, 3.63) is 70.7 Å². The van der Waals surface area contributed by atoms with E-state index < -0.39 is 12.1 Å². The van der Waals surface area contributed by atoms with Crippen molar-refractivity contribution in [2.45, 2.75) is 20.0 Å². The van der Waals surface area contributed by atoms with Crippen molar-refractivity contribution in [3.8, 4) is 17.6 Å². The third-order valence-electron chi connectivity index (χ3n) is 4.96. The number of nitrogens with zero attached hydrogens (tertiary/aromatic N) is 1. The van der Waals surface area contributed by atoms with Gasteiger partial charge in [-0.1, -0.05) is 67.4 Å². The zero-order valence-corrected chi connectivity index (χ0v) is 16.9. The van der Waals surface area contributed by atoms with Crippen molar-refractivity contribution < 1.29 is 14.3 Å². The van der Waals surface area contributed by atoms with Gasteiger partial charge in [-0.2, -0.15) is 5.26 Å². The third kappa shape index (κ3) is 4.49. The fraction of sp³-hybridized carbons (Fsp3) is 0.273. The number of halogens is 2. The monoisotopic (exact) mass is 415 g/mol. The Morgan fingerprint density at radius 3 is 2.46 bits per heavy atom. The summed E-state index contributed by atoms with van der Waals surface area (Å²) in [6.07, 6.45) is 0.615. The van der Waals surface area contributed by atoms with Crippen LogP contribution in [-0.4, -0.2) is 5.97 Å². The molecule has 6 heteroatoms. The number of benzene rings is 2. The zero-order chi connectivity index (χ0) is 20.3. The summed E-state index contributed by atoms with van der Waals surface area (Å²) in [5, 5.41) is 9.53. The van der Waals surface area contributed by atoms with Gasteiger partial charge >= 0.3 is 5.97 Å². The third-order valence-corrected chi connectivity index (χ3v) is 5.21. The first-order valence-corrected chi connectivity index (χ1v) is 9.54. The molecule has 2 aromatic rings. The van der Waals surface area contributed by atoms with Crippen molar-refractivity contribution >= 4 is 29.2 Å². The second-order valence-electron chi connectivity index (χ2n) is 7.21. The second kappa shape index (κ2) is 8.26. The lowest BCUT2D eigenvalue weighted by molar-refractivity contribution is -0.149. The van der Waals surface area contributed by atoms with Gasteiger partial charge in [0.05, 0.1) is 5.92 Å². The Labute approximate surface area is 174 Å². The van der Waals surface area contributed by atoms with Crippen molar-refractivity contribution in [1.82, 2.24) is 0 Å². The van der Waals surface area contributed by atoms with Crippen molar-refractivity contribution in [3.63, 3.8) is 0 Å². The normalized spacial score (nSPS) is 20.4. The van der Waals surface area contributed by atoms with Crippen LogP contribution < -0.4 is 4.74 Å². The molecule has 0 aromatic heterocycles. The molecule has 1 unspecified atom stereocenters. The van der Waals surface area contributed by atoms with Crippen molar-refractivity contribution in [1.29, 1.82) is 5.26 Å². The van der Waals surface area contributed by atoms with E-state index in [1.165, 1.54) is 0 Å². The summed E-state index contributed by atoms with van der Waals surface area (Å²) in [5.74, 6) is 0.289. The molecule has 0 saturated heterocycles. The molecule has 28 heavy (non-hydrogen) atoms. The predicted molar refractivity (Wildman–Crippen MR) is 108 cm³/mol. The first-order valence-electron chi connectivity index (χ1n) is 8.78. The lowest BCUT2D eigenvalue weighted by Crippen LogP contribution is -2.14. The summed E-state index contributed by atoms with van der Waals surface area (Å²) in [4.78, 5) is 12.6. The van der Waals surface area contributed by atoms with Gasteiger partial charge in [-0.15, -0.1) is 0 Å². The van der Waals surface area contributed by atoms with Crippen LogP contribution in [0.15, 0.2) is 65.2 Å². The van der Waals surface area contributed by atoms with Crippen LogP contribution in [0.4, 0.5) is 0 Å². The predicted octanol–water partition coefficient (Wildman–Crippen LogP) is 6.18. The van der Waals surface area contributed by atoms with E-state index in [-0.39, 0.29) is 21.7 Å². The minimum atomic E-state index is -1.03. The van der Waals surface area contributed by atoms with E-state index in [9.17, 15) is 10.1 Å². The maximum Gasteiger partial charge on any atom is 0.311 e. The average molecular weight is 416 g/mol. The lowest BCUT2D eigenvalue weighted by atomic mass is 10.1. The van der Waals surface area contributed by atoms with Gasteiger partial charge in [0.2, 0.25) is 6.10 Å². The van der Waals surface area contributed by atoms with Crippen LogP contribution in [0.2, 0.25) is 0 Å². The Hall–Kier alpha value is -2.48. The average Bonchev–Trinajstić information content (AvgIpc) is 3.20. The minimum Gasteiger partial charge on any atom is -0.457 e. The number of ether oxygens (including phenoxy) is 2. The number of esters is 1. The van der Waals surface area contributed by atoms with E-state index in [0.29, 0.717) is 17.1 Å². The first-order chi connectivity index (χ1) is 13.3. The molecule has 1 fully saturated rings. The molecule has 144 valence electrons. The van der Waals surface area contributed by atoms with Gasteiger partial charge in [0.1, 0.15) is 22.1 Å². The fourth-order valence-corrected chi connectivity index (χ4v) is 3.57.